The number of hydrogen-bond donors (Lipinski definition) is 3. The Morgan fingerprint density at radius 3 is 2.41 bits per heavy atom. The molecule has 0 aliphatic rings. The van der Waals surface area contributed by atoms with Crippen LogP contribution in [-0.2, 0) is 14.3 Å². The van der Waals surface area contributed by atoms with Crippen LogP contribution in [0.5, 0.6) is 0 Å². The summed E-state index contributed by atoms with van der Waals surface area (Å²) in [6, 6.07) is -0.0442. The molecule has 0 saturated carbocycles. The molecule has 1 atom stereocenters. The summed E-state index contributed by atoms with van der Waals surface area (Å²) in [5, 5.41) is 5.23. The molecule has 2 amide bonds. The van der Waals surface area contributed by atoms with Crippen LogP contribution in [0.25, 0.3) is 0 Å². The number of nitrogens with two attached hydrogens (primary N) is 1. The van der Waals surface area contributed by atoms with Crippen molar-refractivity contribution in [2.24, 2.45) is 11.7 Å². The Kier molecular flexibility index (Phi) is 8.35. The van der Waals surface area contributed by atoms with E-state index in [1.165, 1.54) is 0 Å². The van der Waals surface area contributed by atoms with Crippen molar-refractivity contribution < 1.29 is 14.3 Å². The maximum absolute atomic E-state index is 11.5. The topological polar surface area (TPSA) is 93.5 Å². The van der Waals surface area contributed by atoms with Gasteiger partial charge in [-0.25, -0.2) is 0 Å². The van der Waals surface area contributed by atoms with Gasteiger partial charge in [0.1, 0.15) is 0 Å². The van der Waals surface area contributed by atoms with Gasteiger partial charge in [-0.05, 0) is 12.8 Å². The molecule has 0 rings (SSSR count). The Balaban J connectivity index is 3.99. The number of carbonyl (C=O) groups is 2. The highest BCUT2D eigenvalue weighted by atomic mass is 16.5. The Morgan fingerprint density at radius 1 is 1.29 bits per heavy atom. The SMILES string of the molecule is CCOCC(NC(=O)CNC(=O)CN)C(C)C. The van der Waals surface area contributed by atoms with Crippen molar-refractivity contribution in [2.45, 2.75) is 26.8 Å². The lowest BCUT2D eigenvalue weighted by atomic mass is 10.1. The van der Waals surface area contributed by atoms with E-state index in [1.807, 2.05) is 20.8 Å². The highest BCUT2D eigenvalue weighted by Crippen LogP contribution is 2.01. The highest BCUT2D eigenvalue weighted by molar-refractivity contribution is 5.85. The Bertz CT molecular complexity index is 244. The predicted octanol–water partition coefficient (Wildman–Crippen LogP) is -0.761. The monoisotopic (exact) mass is 245 g/mol. The Labute approximate surface area is 102 Å². The first-order valence-electron chi connectivity index (χ1n) is 5.85. The minimum absolute atomic E-state index is 0.0442. The van der Waals surface area contributed by atoms with E-state index >= 15 is 0 Å². The van der Waals surface area contributed by atoms with E-state index in [9.17, 15) is 9.59 Å². The second-order valence-corrected chi connectivity index (χ2v) is 4.06. The lowest BCUT2D eigenvalue weighted by molar-refractivity contribution is -0.126. The van der Waals surface area contributed by atoms with Crippen LogP contribution in [0.3, 0.4) is 0 Å². The molecule has 0 aliphatic carbocycles. The summed E-state index contributed by atoms with van der Waals surface area (Å²) in [5.74, 6) is -0.299. The molecular weight excluding hydrogens is 222 g/mol. The molecule has 0 heterocycles. The molecule has 1 unspecified atom stereocenters. The second-order valence-electron chi connectivity index (χ2n) is 4.06. The van der Waals surface area contributed by atoms with Crippen LogP contribution >= 0.6 is 0 Å². The molecule has 6 heteroatoms. The van der Waals surface area contributed by atoms with E-state index in [1.54, 1.807) is 0 Å². The molecule has 0 aliphatic heterocycles. The van der Waals surface area contributed by atoms with Crippen LogP contribution < -0.4 is 16.4 Å². The number of hydrogen-bond acceptors (Lipinski definition) is 4. The summed E-state index contributed by atoms with van der Waals surface area (Å²) in [4.78, 5) is 22.4. The predicted molar refractivity (Wildman–Crippen MR) is 65.3 cm³/mol. The summed E-state index contributed by atoms with van der Waals surface area (Å²) in [7, 11) is 0. The van der Waals surface area contributed by atoms with Crippen molar-refractivity contribution in [3.8, 4) is 0 Å². The van der Waals surface area contributed by atoms with Crippen LogP contribution in [0, 0.1) is 5.92 Å². The maximum atomic E-state index is 11.5. The van der Waals surface area contributed by atoms with Crippen LogP contribution in [0.2, 0.25) is 0 Å². The number of amides is 2. The zero-order chi connectivity index (χ0) is 13.3. The van der Waals surface area contributed by atoms with Gasteiger partial charge in [-0.15, -0.1) is 0 Å². The lowest BCUT2D eigenvalue weighted by Gasteiger charge is -2.22. The fourth-order valence-corrected chi connectivity index (χ4v) is 1.15. The van der Waals surface area contributed by atoms with Crippen LogP contribution in [0.1, 0.15) is 20.8 Å². The van der Waals surface area contributed by atoms with E-state index in [4.69, 9.17) is 10.5 Å². The molecule has 0 radical (unpaired) electrons. The zero-order valence-electron chi connectivity index (χ0n) is 10.8. The van der Waals surface area contributed by atoms with Crippen molar-refractivity contribution >= 4 is 11.8 Å². The maximum Gasteiger partial charge on any atom is 0.239 e. The van der Waals surface area contributed by atoms with Crippen molar-refractivity contribution in [3.63, 3.8) is 0 Å². The van der Waals surface area contributed by atoms with Gasteiger partial charge in [-0.3, -0.25) is 9.59 Å². The Morgan fingerprint density at radius 2 is 1.94 bits per heavy atom. The van der Waals surface area contributed by atoms with E-state index in [-0.39, 0.29) is 36.9 Å². The van der Waals surface area contributed by atoms with Crippen molar-refractivity contribution in [1.82, 2.24) is 10.6 Å². The summed E-state index contributed by atoms with van der Waals surface area (Å²) in [6.45, 7) is 6.84. The summed E-state index contributed by atoms with van der Waals surface area (Å²) in [6.07, 6.45) is 0. The molecule has 0 aromatic rings. The summed E-state index contributed by atoms with van der Waals surface area (Å²) >= 11 is 0. The van der Waals surface area contributed by atoms with Gasteiger partial charge in [0.2, 0.25) is 11.8 Å². The van der Waals surface area contributed by atoms with Gasteiger partial charge in [0.25, 0.3) is 0 Å². The molecule has 4 N–H and O–H groups in total. The van der Waals surface area contributed by atoms with Crippen molar-refractivity contribution in [1.29, 1.82) is 0 Å². The minimum Gasteiger partial charge on any atom is -0.380 e. The smallest absolute Gasteiger partial charge is 0.239 e. The third-order valence-electron chi connectivity index (χ3n) is 2.28. The molecule has 100 valence electrons. The molecule has 0 bridgehead atoms. The minimum atomic E-state index is -0.342. The first-order valence-corrected chi connectivity index (χ1v) is 5.85. The van der Waals surface area contributed by atoms with Gasteiger partial charge in [0.15, 0.2) is 0 Å². The van der Waals surface area contributed by atoms with Crippen LogP contribution in [0.4, 0.5) is 0 Å². The summed E-state index contributed by atoms with van der Waals surface area (Å²) in [5.41, 5.74) is 5.11. The largest absolute Gasteiger partial charge is 0.380 e. The molecule has 0 aromatic carbocycles. The molecule has 0 spiro atoms. The van der Waals surface area contributed by atoms with E-state index in [2.05, 4.69) is 10.6 Å². The van der Waals surface area contributed by atoms with Crippen LogP contribution in [0.15, 0.2) is 0 Å². The summed E-state index contributed by atoms with van der Waals surface area (Å²) < 4.78 is 5.28. The molecule has 17 heavy (non-hydrogen) atoms. The van der Waals surface area contributed by atoms with Gasteiger partial charge in [-0.2, -0.15) is 0 Å². The van der Waals surface area contributed by atoms with Crippen LogP contribution in [-0.4, -0.2) is 44.2 Å². The number of ether oxygens (including phenoxy) is 1. The highest BCUT2D eigenvalue weighted by Gasteiger charge is 2.16. The number of rotatable bonds is 8. The average molecular weight is 245 g/mol. The third kappa shape index (κ3) is 7.70. The van der Waals surface area contributed by atoms with Gasteiger partial charge in [-0.1, -0.05) is 13.8 Å². The first kappa shape index (κ1) is 15.9. The standard InChI is InChI=1S/C11H23N3O3/c1-4-17-7-9(8(2)3)14-11(16)6-13-10(15)5-12/h8-9H,4-7,12H2,1-3H3,(H,13,15)(H,14,16). The Hall–Kier alpha value is -1.14. The molecule has 6 nitrogen and oxygen atoms in total. The van der Waals surface area contributed by atoms with Gasteiger partial charge >= 0.3 is 0 Å². The quantitative estimate of drug-likeness (QED) is 0.524. The lowest BCUT2D eigenvalue weighted by Crippen LogP contribution is -2.47. The third-order valence-corrected chi connectivity index (χ3v) is 2.28. The second kappa shape index (κ2) is 8.95. The fraction of sp³-hybridized carbons (Fsp3) is 0.818. The average Bonchev–Trinajstić information content (AvgIpc) is 2.30. The molecular formula is C11H23N3O3. The van der Waals surface area contributed by atoms with Gasteiger partial charge in [0, 0.05) is 6.61 Å². The van der Waals surface area contributed by atoms with E-state index in [0.717, 1.165) is 0 Å². The first-order chi connectivity index (χ1) is 8.01. The van der Waals surface area contributed by atoms with Gasteiger partial charge in [0.05, 0.1) is 25.7 Å². The fourth-order valence-electron chi connectivity index (χ4n) is 1.15. The number of carbonyl (C=O) groups excluding carboxylic acids is 2. The van der Waals surface area contributed by atoms with Crippen molar-refractivity contribution in [3.05, 3.63) is 0 Å². The molecule has 0 fully saturated rings. The van der Waals surface area contributed by atoms with Gasteiger partial charge < -0.3 is 21.1 Å². The van der Waals surface area contributed by atoms with E-state index < -0.39 is 0 Å². The molecule has 0 aromatic heterocycles. The normalized spacial score (nSPS) is 12.3. The van der Waals surface area contributed by atoms with Crippen molar-refractivity contribution in [2.75, 3.05) is 26.3 Å². The van der Waals surface area contributed by atoms with E-state index in [0.29, 0.717) is 13.2 Å². The number of nitrogens with one attached hydrogen (secondary N) is 2. The zero-order valence-corrected chi connectivity index (χ0v) is 10.8. The molecule has 0 saturated heterocycles.